The predicted octanol–water partition coefficient (Wildman–Crippen LogP) is 2.13. The third-order valence-electron chi connectivity index (χ3n) is 4.08. The first-order valence-corrected chi connectivity index (χ1v) is 8.82. The molecule has 8 heteroatoms. The summed E-state index contributed by atoms with van der Waals surface area (Å²) >= 11 is 1.45. The van der Waals surface area contributed by atoms with Gasteiger partial charge >= 0.3 is 0 Å². The quantitative estimate of drug-likeness (QED) is 0.528. The minimum atomic E-state index is -0.235. The zero-order valence-corrected chi connectivity index (χ0v) is 14.6. The number of nitrogens with zero attached hydrogens (tertiary/aromatic N) is 5. The molecule has 0 atom stereocenters. The van der Waals surface area contributed by atoms with Crippen molar-refractivity contribution < 1.29 is 9.59 Å². The van der Waals surface area contributed by atoms with Crippen LogP contribution in [0.1, 0.15) is 32.2 Å². The average molecular weight is 353 g/mol. The van der Waals surface area contributed by atoms with Crippen molar-refractivity contribution in [1.29, 1.82) is 0 Å². The maximum Gasteiger partial charge on any atom is 0.261 e. The monoisotopic (exact) mass is 353 g/mol. The maximum atomic E-state index is 12.4. The Balaban J connectivity index is 1.49. The van der Waals surface area contributed by atoms with Crippen molar-refractivity contribution in [3.63, 3.8) is 0 Å². The molecular weight excluding hydrogens is 338 g/mol. The van der Waals surface area contributed by atoms with Gasteiger partial charge in [-0.05, 0) is 26.0 Å². The van der Waals surface area contributed by atoms with Gasteiger partial charge in [0.2, 0.25) is 0 Å². The highest BCUT2D eigenvalue weighted by molar-refractivity contribution is 7.99. The molecular formula is C17H15N5O2S. The summed E-state index contributed by atoms with van der Waals surface area (Å²) in [7, 11) is 0. The number of carbonyl (C=O) groups excluding carboxylic acids is 2. The van der Waals surface area contributed by atoms with Gasteiger partial charge in [-0.1, -0.05) is 23.9 Å². The van der Waals surface area contributed by atoms with E-state index in [0.717, 1.165) is 17.2 Å². The van der Waals surface area contributed by atoms with Gasteiger partial charge in [0, 0.05) is 24.1 Å². The van der Waals surface area contributed by atoms with Crippen molar-refractivity contribution >= 4 is 29.2 Å². The van der Waals surface area contributed by atoms with Crippen LogP contribution in [0.15, 0.2) is 35.5 Å². The van der Waals surface area contributed by atoms with E-state index in [1.165, 1.54) is 16.7 Å². The van der Waals surface area contributed by atoms with Gasteiger partial charge in [0.15, 0.2) is 10.8 Å². The number of fused-ring (bicyclic) bond motifs is 2. The number of carbonyl (C=O) groups is 2. The Morgan fingerprint density at radius 1 is 1.04 bits per heavy atom. The second-order valence-corrected chi connectivity index (χ2v) is 6.84. The first-order chi connectivity index (χ1) is 12.1. The highest BCUT2D eigenvalue weighted by atomic mass is 32.2. The number of thioether (sulfide) groups is 1. The first kappa shape index (κ1) is 15.8. The minimum absolute atomic E-state index is 0.235. The summed E-state index contributed by atoms with van der Waals surface area (Å²) in [5.41, 5.74) is 2.58. The molecule has 0 saturated carbocycles. The predicted molar refractivity (Wildman–Crippen MR) is 92.8 cm³/mol. The van der Waals surface area contributed by atoms with Crippen molar-refractivity contribution in [2.45, 2.75) is 19.0 Å². The summed E-state index contributed by atoms with van der Waals surface area (Å²) in [5.74, 6) is 0.879. The summed E-state index contributed by atoms with van der Waals surface area (Å²) in [6.07, 6.45) is 0. The number of amides is 2. The van der Waals surface area contributed by atoms with E-state index in [0.29, 0.717) is 28.6 Å². The van der Waals surface area contributed by atoms with Crippen LogP contribution in [0.25, 0.3) is 5.65 Å². The molecule has 0 aliphatic carbocycles. The topological polar surface area (TPSA) is 80.5 Å². The Bertz CT molecular complexity index is 978. The van der Waals surface area contributed by atoms with Crippen molar-refractivity contribution in [1.82, 2.24) is 24.5 Å². The lowest BCUT2D eigenvalue weighted by atomic mass is 10.1. The molecule has 0 unspecified atom stereocenters. The lowest BCUT2D eigenvalue weighted by molar-refractivity contribution is 0.0664. The minimum Gasteiger partial charge on any atom is -0.273 e. The molecule has 3 heterocycles. The van der Waals surface area contributed by atoms with Crippen LogP contribution in [-0.4, -0.2) is 48.6 Å². The van der Waals surface area contributed by atoms with Gasteiger partial charge in [0.1, 0.15) is 5.82 Å². The third-order valence-corrected chi connectivity index (χ3v) is 4.99. The van der Waals surface area contributed by atoms with Crippen molar-refractivity contribution in [3.05, 3.63) is 53.0 Å². The Morgan fingerprint density at radius 2 is 1.72 bits per heavy atom. The van der Waals surface area contributed by atoms with Gasteiger partial charge in [-0.2, -0.15) is 0 Å². The molecule has 0 fully saturated rings. The van der Waals surface area contributed by atoms with Gasteiger partial charge in [-0.25, -0.2) is 4.98 Å². The molecule has 0 saturated heterocycles. The summed E-state index contributed by atoms with van der Waals surface area (Å²) in [4.78, 5) is 30.4. The van der Waals surface area contributed by atoms with Gasteiger partial charge in [0.25, 0.3) is 11.8 Å². The normalized spacial score (nSPS) is 13.8. The molecule has 0 N–H and O–H groups in total. The summed E-state index contributed by atoms with van der Waals surface area (Å²) in [5, 5.41) is 9.05. The Hall–Kier alpha value is -2.74. The lowest BCUT2D eigenvalue weighted by Gasteiger charge is -2.12. The average Bonchev–Trinajstić information content (AvgIpc) is 3.10. The fraction of sp³-hybridized carbons (Fsp3) is 0.235. The fourth-order valence-corrected chi connectivity index (χ4v) is 3.88. The maximum absolute atomic E-state index is 12.4. The van der Waals surface area contributed by atoms with Crippen molar-refractivity contribution in [2.75, 3.05) is 12.3 Å². The zero-order valence-electron chi connectivity index (χ0n) is 13.8. The van der Waals surface area contributed by atoms with E-state index in [4.69, 9.17) is 0 Å². The molecule has 25 heavy (non-hydrogen) atoms. The summed E-state index contributed by atoms with van der Waals surface area (Å²) in [6.45, 7) is 4.14. The van der Waals surface area contributed by atoms with Gasteiger partial charge in [-0.3, -0.25) is 18.9 Å². The lowest BCUT2D eigenvalue weighted by Crippen LogP contribution is -2.31. The number of benzene rings is 1. The van der Waals surface area contributed by atoms with Gasteiger partial charge in [0.05, 0.1) is 11.1 Å². The second-order valence-electron chi connectivity index (χ2n) is 5.78. The van der Waals surface area contributed by atoms with Crippen LogP contribution < -0.4 is 0 Å². The van der Waals surface area contributed by atoms with Gasteiger partial charge in [-0.15, -0.1) is 10.2 Å². The SMILES string of the molecule is Cc1cc2nnc(SCCN3C(=O)c4ccccc4C3=O)n2c(C)n1. The molecule has 0 radical (unpaired) electrons. The van der Waals surface area contributed by atoms with Crippen LogP contribution in [0, 0.1) is 13.8 Å². The van der Waals surface area contributed by atoms with Crippen LogP contribution in [0.3, 0.4) is 0 Å². The molecule has 2 amide bonds. The molecule has 1 aliphatic heterocycles. The highest BCUT2D eigenvalue weighted by Crippen LogP contribution is 2.24. The van der Waals surface area contributed by atoms with Crippen LogP contribution in [0.2, 0.25) is 0 Å². The van der Waals surface area contributed by atoms with Crippen LogP contribution in [-0.2, 0) is 0 Å². The van der Waals surface area contributed by atoms with E-state index >= 15 is 0 Å². The molecule has 3 aromatic rings. The Labute approximate surface area is 148 Å². The first-order valence-electron chi connectivity index (χ1n) is 7.83. The fourth-order valence-electron chi connectivity index (χ4n) is 2.97. The van der Waals surface area contributed by atoms with Crippen LogP contribution >= 0.6 is 11.8 Å². The number of hydrogen-bond donors (Lipinski definition) is 0. The van der Waals surface area contributed by atoms with E-state index < -0.39 is 0 Å². The van der Waals surface area contributed by atoms with Crippen molar-refractivity contribution in [3.8, 4) is 0 Å². The standard InChI is InChI=1S/C17H15N5O2S/c1-10-9-14-19-20-17(22(14)11(2)18-10)25-8-7-21-15(23)12-5-3-4-6-13(12)16(21)24/h3-6,9H,7-8H2,1-2H3. The second kappa shape index (κ2) is 5.96. The van der Waals surface area contributed by atoms with E-state index in [2.05, 4.69) is 15.2 Å². The van der Waals surface area contributed by atoms with E-state index in [1.807, 2.05) is 24.3 Å². The van der Waals surface area contributed by atoms with E-state index in [9.17, 15) is 9.59 Å². The molecule has 7 nitrogen and oxygen atoms in total. The Morgan fingerprint density at radius 3 is 2.40 bits per heavy atom. The van der Waals surface area contributed by atoms with Crippen molar-refractivity contribution in [2.24, 2.45) is 0 Å². The number of aromatic nitrogens is 4. The molecule has 1 aromatic carbocycles. The molecule has 126 valence electrons. The van der Waals surface area contributed by atoms with Crippen LogP contribution in [0.4, 0.5) is 0 Å². The number of aryl methyl sites for hydroxylation is 2. The molecule has 0 spiro atoms. The summed E-state index contributed by atoms with van der Waals surface area (Å²) < 4.78 is 1.88. The highest BCUT2D eigenvalue weighted by Gasteiger charge is 2.34. The number of rotatable bonds is 4. The van der Waals surface area contributed by atoms with Gasteiger partial charge < -0.3 is 0 Å². The molecule has 2 aromatic heterocycles. The molecule has 4 rings (SSSR count). The van der Waals surface area contributed by atoms with E-state index in [1.54, 1.807) is 24.3 Å². The molecule has 1 aliphatic rings. The number of hydrogen-bond acceptors (Lipinski definition) is 6. The van der Waals surface area contributed by atoms with E-state index in [-0.39, 0.29) is 11.8 Å². The third kappa shape index (κ3) is 2.58. The van der Waals surface area contributed by atoms with Crippen LogP contribution in [0.5, 0.6) is 0 Å². The number of imide groups is 1. The summed E-state index contributed by atoms with van der Waals surface area (Å²) in [6, 6.07) is 8.77. The zero-order chi connectivity index (χ0) is 17.6. The molecule has 0 bridgehead atoms. The largest absolute Gasteiger partial charge is 0.273 e. The Kier molecular flexibility index (Phi) is 3.76. The smallest absolute Gasteiger partial charge is 0.261 e.